The molecule has 53 heavy (non-hydrogen) atoms. The molecule has 1 aromatic carbocycles. The molecule has 5 atom stereocenters. The summed E-state index contributed by atoms with van der Waals surface area (Å²) in [6.45, 7) is 11.2. The Hall–Kier alpha value is -4.08. The van der Waals surface area contributed by atoms with Crippen molar-refractivity contribution >= 4 is 50.0 Å². The van der Waals surface area contributed by atoms with Crippen LogP contribution in [0.4, 0.5) is 0 Å². The molecule has 0 spiro atoms. The molecule has 1 saturated heterocycles. The number of rotatable bonds is 8. The van der Waals surface area contributed by atoms with E-state index < -0.39 is 56.8 Å². The zero-order valence-corrected chi connectivity index (χ0v) is 32.9. The Bertz CT molecular complexity index is 2030. The SMILES string of the molecule is COc1ccc2c(O[C@@H]3C[C@H]4C(=O)N[C@]5(C(=O)NS(=O)(=O)C(C)C)C[C@H]5/C=C\CCCCO[C@H](C)C(=O)N4C3)cc(-c3nc(C(C)C)cs3)nc2c1C. The molecule has 1 aliphatic carbocycles. The van der Waals surface area contributed by atoms with E-state index in [1.807, 2.05) is 42.7 Å². The van der Waals surface area contributed by atoms with Gasteiger partial charge in [-0.15, -0.1) is 11.3 Å². The Morgan fingerprint density at radius 1 is 1.15 bits per heavy atom. The number of ether oxygens (including phenoxy) is 3. The number of carbonyl (C=O) groups is 3. The molecule has 1 saturated carbocycles. The van der Waals surface area contributed by atoms with Crippen molar-refractivity contribution in [1.29, 1.82) is 0 Å². The molecule has 2 aromatic heterocycles. The minimum Gasteiger partial charge on any atom is -0.496 e. The summed E-state index contributed by atoms with van der Waals surface area (Å²) >= 11 is 1.50. The van der Waals surface area contributed by atoms with Gasteiger partial charge in [0.1, 0.15) is 46.0 Å². The average Bonchev–Trinajstić information content (AvgIpc) is 3.41. The summed E-state index contributed by atoms with van der Waals surface area (Å²) in [4.78, 5) is 53.1. The molecule has 2 N–H and O–H groups in total. The number of sulfonamides is 1. The summed E-state index contributed by atoms with van der Waals surface area (Å²) < 4.78 is 45.9. The summed E-state index contributed by atoms with van der Waals surface area (Å²) in [6, 6.07) is 4.56. The summed E-state index contributed by atoms with van der Waals surface area (Å²) in [6.07, 6.45) is 4.95. The van der Waals surface area contributed by atoms with Crippen LogP contribution in [0.15, 0.2) is 35.7 Å². The first-order valence-corrected chi connectivity index (χ1v) is 20.6. The van der Waals surface area contributed by atoms with Gasteiger partial charge in [-0.25, -0.2) is 18.4 Å². The zero-order valence-electron chi connectivity index (χ0n) is 31.3. The lowest BCUT2D eigenvalue weighted by Crippen LogP contribution is -2.57. The lowest BCUT2D eigenvalue weighted by atomic mass is 10.1. The molecule has 2 fully saturated rings. The van der Waals surface area contributed by atoms with Crippen molar-refractivity contribution in [2.45, 2.75) is 109 Å². The van der Waals surface area contributed by atoms with Crippen molar-refractivity contribution in [3.8, 4) is 22.2 Å². The summed E-state index contributed by atoms with van der Waals surface area (Å²) in [5.41, 5.74) is 1.62. The molecule has 3 aliphatic rings. The van der Waals surface area contributed by atoms with Crippen molar-refractivity contribution in [1.82, 2.24) is 24.9 Å². The number of nitrogens with one attached hydrogen (secondary N) is 2. The van der Waals surface area contributed by atoms with Gasteiger partial charge in [0.2, 0.25) is 15.9 Å². The van der Waals surface area contributed by atoms with Gasteiger partial charge >= 0.3 is 0 Å². The van der Waals surface area contributed by atoms with Crippen molar-refractivity contribution in [3.05, 3.63) is 47.0 Å². The normalized spacial score (nSPS) is 26.0. The topological polar surface area (TPSA) is 166 Å². The van der Waals surface area contributed by atoms with Crippen LogP contribution in [0, 0.1) is 12.8 Å². The number of hydrogen-bond donors (Lipinski definition) is 2. The number of nitrogens with zero attached hydrogens (tertiary/aromatic N) is 3. The maximum Gasteiger partial charge on any atom is 0.259 e. The Morgan fingerprint density at radius 3 is 2.62 bits per heavy atom. The number of pyridine rings is 1. The van der Waals surface area contributed by atoms with Crippen LogP contribution in [0.2, 0.25) is 0 Å². The summed E-state index contributed by atoms with van der Waals surface area (Å²) in [5.74, 6) is -0.704. The van der Waals surface area contributed by atoms with E-state index in [-0.39, 0.29) is 31.2 Å². The quantitative estimate of drug-likeness (QED) is 0.297. The lowest BCUT2D eigenvalue weighted by molar-refractivity contribution is -0.147. The second-order valence-corrected chi connectivity index (χ2v) is 17.8. The molecular formula is C38H49N5O8S2. The van der Waals surface area contributed by atoms with E-state index >= 15 is 0 Å². The summed E-state index contributed by atoms with van der Waals surface area (Å²) in [5, 5.41) is 5.53. The molecule has 4 heterocycles. The standard InChI is InChI=1S/C38H49N5O8S2/c1-21(2)29-20-52-35(40-29)28-17-32(27-13-14-31(49-7)23(5)33(27)39-28)51-26-16-30-34(44)41-38(37(46)42-53(47,48)22(3)4)18-25(38)12-10-8-9-11-15-50-24(6)36(45)43(30)19-26/h10,12-14,17,20-22,24-26,30H,8-9,11,15-16,18-19H2,1-7H3,(H,41,44)(H,42,46)/b12-10-/t24-,25-,26-,30+,38-/m1/s1. The number of carbonyl (C=O) groups excluding carboxylic acids is 3. The number of amides is 3. The van der Waals surface area contributed by atoms with Gasteiger partial charge in [-0.3, -0.25) is 19.1 Å². The van der Waals surface area contributed by atoms with Crippen molar-refractivity contribution in [2.75, 3.05) is 20.3 Å². The smallest absolute Gasteiger partial charge is 0.259 e. The first-order valence-electron chi connectivity index (χ1n) is 18.2. The van der Waals surface area contributed by atoms with E-state index in [2.05, 4.69) is 23.9 Å². The van der Waals surface area contributed by atoms with Gasteiger partial charge in [0.25, 0.3) is 11.8 Å². The number of allylic oxidation sites excluding steroid dienone is 1. The van der Waals surface area contributed by atoms with Crippen LogP contribution in [-0.4, -0.2) is 90.3 Å². The van der Waals surface area contributed by atoms with Crippen LogP contribution in [0.1, 0.15) is 83.9 Å². The molecule has 6 rings (SSSR count). The van der Waals surface area contributed by atoms with Gasteiger partial charge in [0, 0.05) is 41.3 Å². The molecular weight excluding hydrogens is 719 g/mol. The van der Waals surface area contributed by atoms with E-state index in [1.54, 1.807) is 14.0 Å². The fourth-order valence-electron chi connectivity index (χ4n) is 6.84. The molecule has 0 radical (unpaired) electrons. The highest BCUT2D eigenvalue weighted by molar-refractivity contribution is 7.90. The number of hydrogen-bond acceptors (Lipinski definition) is 11. The largest absolute Gasteiger partial charge is 0.496 e. The first-order chi connectivity index (χ1) is 25.1. The van der Waals surface area contributed by atoms with E-state index in [9.17, 15) is 22.8 Å². The Balaban J connectivity index is 1.35. The van der Waals surface area contributed by atoms with Crippen LogP contribution in [0.3, 0.4) is 0 Å². The minimum atomic E-state index is -3.96. The highest BCUT2D eigenvalue weighted by Crippen LogP contribution is 2.46. The number of fused-ring (bicyclic) bond motifs is 3. The average molecular weight is 768 g/mol. The Labute approximate surface area is 314 Å². The van der Waals surface area contributed by atoms with Gasteiger partial charge in [0.05, 0.1) is 30.1 Å². The first kappa shape index (κ1) is 38.6. The minimum absolute atomic E-state index is 0.0813. The van der Waals surface area contributed by atoms with Gasteiger partial charge < -0.3 is 24.4 Å². The van der Waals surface area contributed by atoms with Gasteiger partial charge in [-0.1, -0.05) is 26.0 Å². The van der Waals surface area contributed by atoms with Gasteiger partial charge in [0.15, 0.2) is 0 Å². The third-order valence-electron chi connectivity index (χ3n) is 10.3. The maximum atomic E-state index is 14.3. The lowest BCUT2D eigenvalue weighted by Gasteiger charge is -2.28. The van der Waals surface area contributed by atoms with Crippen molar-refractivity contribution in [3.63, 3.8) is 0 Å². The van der Waals surface area contributed by atoms with Crippen LogP contribution in [-0.2, 0) is 29.1 Å². The third kappa shape index (κ3) is 7.92. The molecule has 3 amide bonds. The molecule has 0 bridgehead atoms. The molecule has 15 heteroatoms. The third-order valence-corrected chi connectivity index (χ3v) is 12.9. The zero-order chi connectivity index (χ0) is 38.2. The van der Waals surface area contributed by atoms with Crippen molar-refractivity contribution in [2.24, 2.45) is 5.92 Å². The van der Waals surface area contributed by atoms with E-state index in [0.29, 0.717) is 35.7 Å². The monoisotopic (exact) mass is 767 g/mol. The maximum absolute atomic E-state index is 14.3. The number of methoxy groups -OCH3 is 1. The van der Waals surface area contributed by atoms with Gasteiger partial charge in [-0.05, 0) is 71.4 Å². The predicted molar refractivity (Wildman–Crippen MR) is 202 cm³/mol. The predicted octanol–water partition coefficient (Wildman–Crippen LogP) is 5.02. The highest BCUT2D eigenvalue weighted by Gasteiger charge is 2.61. The number of thiazole rings is 1. The summed E-state index contributed by atoms with van der Waals surface area (Å²) in [7, 11) is -2.36. The van der Waals surface area contributed by atoms with Crippen LogP contribution >= 0.6 is 11.3 Å². The number of aryl methyl sites for hydroxylation is 1. The van der Waals surface area contributed by atoms with Crippen LogP contribution in [0.5, 0.6) is 11.5 Å². The number of benzene rings is 1. The molecule has 0 unspecified atom stereocenters. The molecule has 3 aromatic rings. The van der Waals surface area contributed by atoms with Crippen LogP contribution < -0.4 is 19.5 Å². The van der Waals surface area contributed by atoms with E-state index in [4.69, 9.17) is 24.2 Å². The highest BCUT2D eigenvalue weighted by atomic mass is 32.2. The number of aromatic nitrogens is 2. The van der Waals surface area contributed by atoms with Gasteiger partial charge in [-0.2, -0.15) is 0 Å². The molecule has 2 aliphatic heterocycles. The van der Waals surface area contributed by atoms with E-state index in [0.717, 1.165) is 34.5 Å². The second-order valence-electron chi connectivity index (χ2n) is 14.7. The Morgan fingerprint density at radius 2 is 1.92 bits per heavy atom. The van der Waals surface area contributed by atoms with Crippen molar-refractivity contribution < 1.29 is 37.0 Å². The second kappa shape index (κ2) is 15.3. The molecule has 13 nitrogen and oxygen atoms in total. The Kier molecular flexibility index (Phi) is 11.2. The van der Waals surface area contributed by atoms with E-state index in [1.165, 1.54) is 30.1 Å². The molecule has 286 valence electrons. The fourth-order valence-corrected chi connectivity index (χ4v) is 8.46. The fraction of sp³-hybridized carbons (Fsp3) is 0.553. The van der Waals surface area contributed by atoms with Crippen LogP contribution in [0.25, 0.3) is 21.6 Å².